The van der Waals surface area contributed by atoms with E-state index in [1.165, 1.54) is 19.3 Å². The van der Waals surface area contributed by atoms with E-state index in [1.807, 2.05) is 0 Å². The topological polar surface area (TPSA) is 21.3 Å². The van der Waals surface area contributed by atoms with Crippen molar-refractivity contribution in [1.82, 2.24) is 5.32 Å². The van der Waals surface area contributed by atoms with E-state index >= 15 is 0 Å². The van der Waals surface area contributed by atoms with Crippen molar-refractivity contribution in [3.63, 3.8) is 0 Å². The minimum atomic E-state index is 0.434. The number of ether oxygens (including phenoxy) is 1. The molecular formula is C11H25NO. The molecule has 0 aliphatic rings. The molecule has 1 unspecified atom stereocenters. The Morgan fingerprint density at radius 3 is 2.54 bits per heavy atom. The molecule has 2 nitrogen and oxygen atoms in total. The lowest BCUT2D eigenvalue weighted by molar-refractivity contribution is 0.0595. The first-order valence-corrected chi connectivity index (χ1v) is 5.63. The molecule has 0 aliphatic heterocycles. The Hall–Kier alpha value is -0.0800. The Balaban J connectivity index is 3.03. The first-order chi connectivity index (χ1) is 6.31. The van der Waals surface area contributed by atoms with Gasteiger partial charge in [0.1, 0.15) is 0 Å². The van der Waals surface area contributed by atoms with E-state index in [9.17, 15) is 0 Å². The van der Waals surface area contributed by atoms with Crippen molar-refractivity contribution in [3.05, 3.63) is 0 Å². The fourth-order valence-corrected chi connectivity index (χ4v) is 1.22. The summed E-state index contributed by atoms with van der Waals surface area (Å²) in [6.45, 7) is 9.69. The molecule has 0 fully saturated rings. The third kappa shape index (κ3) is 9.84. The van der Waals surface area contributed by atoms with Crippen LogP contribution in [0, 0.1) is 0 Å². The molecule has 0 heterocycles. The van der Waals surface area contributed by atoms with Crippen LogP contribution < -0.4 is 5.32 Å². The quantitative estimate of drug-likeness (QED) is 0.560. The van der Waals surface area contributed by atoms with Gasteiger partial charge in [0.05, 0.1) is 6.10 Å². The van der Waals surface area contributed by atoms with Gasteiger partial charge >= 0.3 is 0 Å². The molecule has 0 aliphatic carbocycles. The van der Waals surface area contributed by atoms with E-state index in [1.54, 1.807) is 0 Å². The van der Waals surface area contributed by atoms with Crippen LogP contribution in [0.2, 0.25) is 0 Å². The molecule has 0 spiro atoms. The lowest BCUT2D eigenvalue weighted by Gasteiger charge is -2.12. The SMILES string of the molecule is CCCNCCCC(C)OCCC. The standard InChI is InChI=1S/C11H25NO/c1-4-8-12-9-6-7-11(3)13-10-5-2/h11-12H,4-10H2,1-3H3. The second-order valence-corrected chi connectivity index (χ2v) is 3.57. The first-order valence-electron chi connectivity index (χ1n) is 5.63. The van der Waals surface area contributed by atoms with Gasteiger partial charge in [-0.05, 0) is 45.7 Å². The van der Waals surface area contributed by atoms with E-state index in [0.717, 1.165) is 26.1 Å². The van der Waals surface area contributed by atoms with Gasteiger partial charge in [-0.2, -0.15) is 0 Å². The Labute approximate surface area is 83.1 Å². The fraction of sp³-hybridized carbons (Fsp3) is 1.00. The molecule has 2 heteroatoms. The molecule has 0 bridgehead atoms. The molecule has 0 saturated heterocycles. The highest BCUT2D eigenvalue weighted by Gasteiger charge is 1.99. The minimum Gasteiger partial charge on any atom is -0.379 e. The second kappa shape index (κ2) is 10.0. The Morgan fingerprint density at radius 1 is 1.15 bits per heavy atom. The Morgan fingerprint density at radius 2 is 1.92 bits per heavy atom. The second-order valence-electron chi connectivity index (χ2n) is 3.57. The fourth-order valence-electron chi connectivity index (χ4n) is 1.22. The highest BCUT2D eigenvalue weighted by atomic mass is 16.5. The summed E-state index contributed by atoms with van der Waals surface area (Å²) >= 11 is 0. The predicted molar refractivity (Wildman–Crippen MR) is 58.1 cm³/mol. The van der Waals surface area contributed by atoms with Crippen molar-refractivity contribution in [1.29, 1.82) is 0 Å². The van der Waals surface area contributed by atoms with Crippen molar-refractivity contribution >= 4 is 0 Å². The zero-order valence-corrected chi connectivity index (χ0v) is 9.44. The van der Waals surface area contributed by atoms with Crippen LogP contribution in [0.15, 0.2) is 0 Å². The maximum absolute atomic E-state index is 5.57. The zero-order valence-electron chi connectivity index (χ0n) is 9.44. The summed E-state index contributed by atoms with van der Waals surface area (Å²) in [4.78, 5) is 0. The molecule has 0 rings (SSSR count). The average molecular weight is 187 g/mol. The normalized spacial score (nSPS) is 13.2. The van der Waals surface area contributed by atoms with Crippen molar-refractivity contribution < 1.29 is 4.74 Å². The summed E-state index contributed by atoms with van der Waals surface area (Å²) in [5, 5.41) is 3.39. The maximum atomic E-state index is 5.57. The van der Waals surface area contributed by atoms with Gasteiger partial charge in [-0.3, -0.25) is 0 Å². The van der Waals surface area contributed by atoms with Gasteiger partial charge in [-0.15, -0.1) is 0 Å². The lowest BCUT2D eigenvalue weighted by Crippen LogP contribution is -2.18. The van der Waals surface area contributed by atoms with E-state index in [4.69, 9.17) is 4.74 Å². The lowest BCUT2D eigenvalue weighted by atomic mass is 10.2. The van der Waals surface area contributed by atoms with Gasteiger partial charge in [-0.25, -0.2) is 0 Å². The van der Waals surface area contributed by atoms with Crippen LogP contribution in [0.1, 0.15) is 46.5 Å². The van der Waals surface area contributed by atoms with Crippen molar-refractivity contribution in [3.8, 4) is 0 Å². The van der Waals surface area contributed by atoms with Gasteiger partial charge in [0.2, 0.25) is 0 Å². The Kier molecular flexibility index (Phi) is 9.94. The molecule has 0 saturated carbocycles. The molecule has 0 aromatic carbocycles. The molecule has 0 aromatic rings. The van der Waals surface area contributed by atoms with Gasteiger partial charge < -0.3 is 10.1 Å². The summed E-state index contributed by atoms with van der Waals surface area (Å²) in [6.07, 6.45) is 5.19. The van der Waals surface area contributed by atoms with E-state index in [0.29, 0.717) is 6.10 Å². The molecule has 0 radical (unpaired) electrons. The first kappa shape index (κ1) is 12.9. The molecule has 13 heavy (non-hydrogen) atoms. The van der Waals surface area contributed by atoms with Gasteiger partial charge in [0, 0.05) is 6.61 Å². The minimum absolute atomic E-state index is 0.434. The number of hydrogen-bond acceptors (Lipinski definition) is 2. The van der Waals surface area contributed by atoms with Crippen LogP contribution in [-0.2, 0) is 4.74 Å². The molecule has 80 valence electrons. The zero-order chi connectivity index (χ0) is 9.94. The third-order valence-electron chi connectivity index (χ3n) is 2.00. The third-order valence-corrected chi connectivity index (χ3v) is 2.00. The molecule has 0 amide bonds. The number of nitrogens with one attached hydrogen (secondary N) is 1. The summed E-state index contributed by atoms with van der Waals surface area (Å²) in [5.41, 5.74) is 0. The smallest absolute Gasteiger partial charge is 0.0547 e. The molecule has 1 N–H and O–H groups in total. The van der Waals surface area contributed by atoms with Crippen molar-refractivity contribution in [2.45, 2.75) is 52.6 Å². The Bertz CT molecular complexity index is 96.1. The predicted octanol–water partition coefficient (Wildman–Crippen LogP) is 2.58. The summed E-state index contributed by atoms with van der Waals surface area (Å²) < 4.78 is 5.57. The number of hydrogen-bond donors (Lipinski definition) is 1. The molecular weight excluding hydrogens is 162 g/mol. The van der Waals surface area contributed by atoms with Crippen LogP contribution in [0.3, 0.4) is 0 Å². The van der Waals surface area contributed by atoms with Crippen molar-refractivity contribution in [2.24, 2.45) is 0 Å². The summed E-state index contributed by atoms with van der Waals surface area (Å²) in [7, 11) is 0. The van der Waals surface area contributed by atoms with Crippen LogP contribution in [0.25, 0.3) is 0 Å². The van der Waals surface area contributed by atoms with Crippen LogP contribution in [0.4, 0.5) is 0 Å². The highest BCUT2D eigenvalue weighted by molar-refractivity contribution is 4.53. The van der Waals surface area contributed by atoms with Crippen LogP contribution >= 0.6 is 0 Å². The molecule has 0 aromatic heterocycles. The number of rotatable bonds is 9. The molecule has 1 atom stereocenters. The maximum Gasteiger partial charge on any atom is 0.0547 e. The van der Waals surface area contributed by atoms with Crippen LogP contribution in [-0.4, -0.2) is 25.8 Å². The monoisotopic (exact) mass is 187 g/mol. The van der Waals surface area contributed by atoms with Gasteiger partial charge in [0.15, 0.2) is 0 Å². The average Bonchev–Trinajstić information content (AvgIpc) is 2.14. The van der Waals surface area contributed by atoms with Crippen molar-refractivity contribution in [2.75, 3.05) is 19.7 Å². The summed E-state index contributed by atoms with van der Waals surface area (Å²) in [6, 6.07) is 0. The van der Waals surface area contributed by atoms with Gasteiger partial charge in [0.25, 0.3) is 0 Å². The van der Waals surface area contributed by atoms with Crippen LogP contribution in [0.5, 0.6) is 0 Å². The van der Waals surface area contributed by atoms with E-state index < -0.39 is 0 Å². The van der Waals surface area contributed by atoms with Gasteiger partial charge in [-0.1, -0.05) is 13.8 Å². The largest absolute Gasteiger partial charge is 0.379 e. The highest BCUT2D eigenvalue weighted by Crippen LogP contribution is 2.01. The summed E-state index contributed by atoms with van der Waals surface area (Å²) in [5.74, 6) is 0. The van der Waals surface area contributed by atoms with E-state index in [-0.39, 0.29) is 0 Å². The van der Waals surface area contributed by atoms with E-state index in [2.05, 4.69) is 26.1 Å².